The molecule has 0 spiro atoms. The maximum absolute atomic E-state index is 12.3. The van der Waals surface area contributed by atoms with Crippen molar-refractivity contribution in [3.63, 3.8) is 0 Å². The van der Waals surface area contributed by atoms with E-state index in [-0.39, 0.29) is 11.7 Å². The van der Waals surface area contributed by atoms with E-state index < -0.39 is 6.61 Å². The average molecular weight is 340 g/mol. The topological polar surface area (TPSA) is 51.2 Å². The lowest BCUT2D eigenvalue weighted by Gasteiger charge is -2.07. The van der Waals surface area contributed by atoms with Crippen molar-refractivity contribution in [2.24, 2.45) is 5.92 Å². The maximum atomic E-state index is 12.3. The molecule has 0 atom stereocenters. The number of nitrogens with zero attached hydrogens (tertiary/aromatic N) is 1. The van der Waals surface area contributed by atoms with Crippen LogP contribution in [0.5, 0.6) is 5.75 Å². The number of carbonyl (C=O) groups is 1. The van der Waals surface area contributed by atoms with Crippen LogP contribution in [-0.2, 0) is 6.42 Å². The molecule has 0 fully saturated rings. The van der Waals surface area contributed by atoms with Crippen molar-refractivity contribution < 1.29 is 18.3 Å². The zero-order valence-electron chi connectivity index (χ0n) is 13.1. The summed E-state index contributed by atoms with van der Waals surface area (Å²) in [5.41, 5.74) is 1.20. The summed E-state index contributed by atoms with van der Waals surface area (Å²) in [4.78, 5) is 17.3. The number of alkyl halides is 2. The number of aryl methyl sites for hydroxylation is 1. The van der Waals surface area contributed by atoms with E-state index in [4.69, 9.17) is 0 Å². The van der Waals surface area contributed by atoms with Gasteiger partial charge in [0, 0.05) is 12.1 Å². The zero-order chi connectivity index (χ0) is 17.0. The average Bonchev–Trinajstić information content (AvgIpc) is 2.80. The minimum Gasteiger partial charge on any atom is -0.435 e. The molecule has 0 aliphatic heterocycles. The predicted molar refractivity (Wildman–Crippen MR) is 86.4 cm³/mol. The van der Waals surface area contributed by atoms with Crippen molar-refractivity contribution in [2.45, 2.75) is 33.8 Å². The lowest BCUT2D eigenvalue weighted by Crippen LogP contribution is -2.11. The van der Waals surface area contributed by atoms with Crippen LogP contribution in [0.25, 0.3) is 0 Å². The molecule has 0 radical (unpaired) electrons. The number of anilines is 1. The molecule has 2 rings (SSSR count). The number of hydrogen-bond donors (Lipinski definition) is 1. The van der Waals surface area contributed by atoms with Gasteiger partial charge < -0.3 is 10.1 Å². The molecule has 7 heteroatoms. The second kappa shape index (κ2) is 7.50. The van der Waals surface area contributed by atoms with Gasteiger partial charge in [0.1, 0.15) is 10.6 Å². The first-order valence-electron chi connectivity index (χ1n) is 7.17. The molecular formula is C16H18F2N2O2S. The Morgan fingerprint density at radius 2 is 1.96 bits per heavy atom. The van der Waals surface area contributed by atoms with Crippen LogP contribution in [0.2, 0.25) is 0 Å². The highest BCUT2D eigenvalue weighted by Gasteiger charge is 2.16. The summed E-state index contributed by atoms with van der Waals surface area (Å²) in [5.74, 6) is 0.266. The Labute approximate surface area is 137 Å². The number of halogens is 2. The molecule has 1 amide bonds. The van der Waals surface area contributed by atoms with Crippen LogP contribution in [0.4, 0.5) is 14.5 Å². The summed E-state index contributed by atoms with van der Waals surface area (Å²) in [5, 5.41) is 3.67. The van der Waals surface area contributed by atoms with Crippen molar-refractivity contribution in [1.29, 1.82) is 0 Å². The van der Waals surface area contributed by atoms with Crippen molar-refractivity contribution in [2.75, 3.05) is 5.32 Å². The van der Waals surface area contributed by atoms with E-state index in [0.717, 1.165) is 11.4 Å². The minimum absolute atomic E-state index is 0.0474. The number of carbonyl (C=O) groups excluding carboxylic acids is 1. The Balaban J connectivity index is 2.05. The quantitative estimate of drug-likeness (QED) is 0.842. The number of rotatable bonds is 6. The lowest BCUT2D eigenvalue weighted by atomic mass is 10.1. The second-order valence-corrected chi connectivity index (χ2v) is 6.56. The molecule has 0 saturated heterocycles. The fraction of sp³-hybridized carbons (Fsp3) is 0.375. The molecule has 23 heavy (non-hydrogen) atoms. The van der Waals surface area contributed by atoms with E-state index >= 15 is 0 Å². The number of nitrogens with one attached hydrogen (secondary N) is 1. The molecule has 1 aromatic heterocycles. The Kier molecular flexibility index (Phi) is 5.65. The van der Waals surface area contributed by atoms with E-state index in [9.17, 15) is 13.6 Å². The van der Waals surface area contributed by atoms with E-state index in [1.807, 2.05) is 0 Å². The van der Waals surface area contributed by atoms with Crippen LogP contribution in [-0.4, -0.2) is 17.5 Å². The van der Waals surface area contributed by atoms with Gasteiger partial charge in [-0.25, -0.2) is 4.98 Å². The van der Waals surface area contributed by atoms with Gasteiger partial charge >= 0.3 is 6.61 Å². The van der Waals surface area contributed by atoms with Gasteiger partial charge in [-0.1, -0.05) is 13.8 Å². The number of thiazole rings is 1. The second-order valence-electron chi connectivity index (χ2n) is 5.48. The predicted octanol–water partition coefficient (Wildman–Crippen LogP) is 4.50. The third-order valence-corrected chi connectivity index (χ3v) is 4.15. The van der Waals surface area contributed by atoms with E-state index in [0.29, 0.717) is 22.2 Å². The Bertz CT molecular complexity index is 669. The van der Waals surface area contributed by atoms with Crippen LogP contribution in [0.1, 0.15) is 34.2 Å². The van der Waals surface area contributed by atoms with Crippen LogP contribution < -0.4 is 10.1 Å². The summed E-state index contributed by atoms with van der Waals surface area (Å²) >= 11 is 1.38. The Morgan fingerprint density at radius 3 is 2.52 bits per heavy atom. The minimum atomic E-state index is -2.87. The van der Waals surface area contributed by atoms with Crippen molar-refractivity contribution in [1.82, 2.24) is 4.98 Å². The molecule has 0 aliphatic rings. The molecular weight excluding hydrogens is 322 g/mol. The lowest BCUT2D eigenvalue weighted by molar-refractivity contribution is -0.0498. The molecule has 1 aromatic carbocycles. The smallest absolute Gasteiger partial charge is 0.387 e. The number of hydrogen-bond acceptors (Lipinski definition) is 4. The van der Waals surface area contributed by atoms with Gasteiger partial charge in [0.05, 0.1) is 10.7 Å². The van der Waals surface area contributed by atoms with Crippen LogP contribution >= 0.6 is 11.3 Å². The first kappa shape index (κ1) is 17.3. The van der Waals surface area contributed by atoms with Gasteiger partial charge in [-0.2, -0.15) is 8.78 Å². The number of aromatic nitrogens is 1. The monoisotopic (exact) mass is 340 g/mol. The standard InChI is InChI=1S/C16H18F2N2O2S/c1-9(2)8-13-19-10(3)14(23-13)15(21)20-11-4-6-12(7-5-11)22-16(17)18/h4-7,9,16H,8H2,1-3H3,(H,20,21). The first-order chi connectivity index (χ1) is 10.8. The molecule has 0 aliphatic carbocycles. The van der Waals surface area contributed by atoms with Crippen LogP contribution in [0, 0.1) is 12.8 Å². The van der Waals surface area contributed by atoms with Crippen molar-refractivity contribution in [3.8, 4) is 5.75 Å². The fourth-order valence-electron chi connectivity index (χ4n) is 2.01. The highest BCUT2D eigenvalue weighted by Crippen LogP contribution is 2.23. The maximum Gasteiger partial charge on any atom is 0.387 e. The highest BCUT2D eigenvalue weighted by atomic mass is 32.1. The normalized spacial score (nSPS) is 11.1. The number of amides is 1. The Hall–Kier alpha value is -2.02. The number of ether oxygens (including phenoxy) is 1. The summed E-state index contributed by atoms with van der Waals surface area (Å²) in [7, 11) is 0. The molecule has 0 saturated carbocycles. The van der Waals surface area contributed by atoms with Crippen molar-refractivity contribution in [3.05, 3.63) is 39.8 Å². The van der Waals surface area contributed by atoms with Gasteiger partial charge in [0.25, 0.3) is 5.91 Å². The van der Waals surface area contributed by atoms with Gasteiger partial charge in [-0.15, -0.1) is 11.3 Å². The summed E-state index contributed by atoms with van der Waals surface area (Å²) in [6, 6.07) is 5.79. The van der Waals surface area contributed by atoms with E-state index in [1.54, 1.807) is 6.92 Å². The third-order valence-electron chi connectivity index (χ3n) is 2.97. The molecule has 0 unspecified atom stereocenters. The molecule has 124 valence electrons. The summed E-state index contributed by atoms with van der Waals surface area (Å²) in [6.45, 7) is 3.13. The van der Waals surface area contributed by atoms with Gasteiger partial charge in [-0.3, -0.25) is 4.79 Å². The first-order valence-corrected chi connectivity index (χ1v) is 7.99. The number of benzene rings is 1. The highest BCUT2D eigenvalue weighted by molar-refractivity contribution is 7.13. The van der Waals surface area contributed by atoms with Crippen molar-refractivity contribution >= 4 is 22.9 Å². The largest absolute Gasteiger partial charge is 0.435 e. The molecule has 1 N–H and O–H groups in total. The van der Waals surface area contributed by atoms with Gasteiger partial charge in [-0.05, 0) is 37.1 Å². The van der Waals surface area contributed by atoms with Gasteiger partial charge in [0.2, 0.25) is 0 Å². The summed E-state index contributed by atoms with van der Waals surface area (Å²) in [6.07, 6.45) is 0.832. The van der Waals surface area contributed by atoms with Crippen LogP contribution in [0.15, 0.2) is 24.3 Å². The molecule has 0 bridgehead atoms. The van der Waals surface area contributed by atoms with E-state index in [2.05, 4.69) is 28.9 Å². The SMILES string of the molecule is Cc1nc(CC(C)C)sc1C(=O)Nc1ccc(OC(F)F)cc1. The van der Waals surface area contributed by atoms with E-state index in [1.165, 1.54) is 35.6 Å². The molecule has 4 nitrogen and oxygen atoms in total. The molecule has 1 heterocycles. The molecule has 2 aromatic rings. The summed E-state index contributed by atoms with van der Waals surface area (Å²) < 4.78 is 28.4. The van der Waals surface area contributed by atoms with Crippen LogP contribution in [0.3, 0.4) is 0 Å². The fourth-order valence-corrected chi connectivity index (χ4v) is 3.18. The Morgan fingerprint density at radius 1 is 1.30 bits per heavy atom. The van der Waals surface area contributed by atoms with Gasteiger partial charge in [0.15, 0.2) is 0 Å². The third kappa shape index (κ3) is 4.99. The zero-order valence-corrected chi connectivity index (χ0v) is 13.9.